The van der Waals surface area contributed by atoms with E-state index in [0.29, 0.717) is 113 Å². The summed E-state index contributed by atoms with van der Waals surface area (Å²) in [4.78, 5) is 123. The SMILES string of the molecule is C=C(OCCCCCCOC(=O)C(N)CC(C)C)C(N)CC(C)C.CC(C)CC(N)C(=O)OC1CCC(OC(=O)C(N)CC(C)C)CC1.O=C(CCCCC(=O)Oc1ccc([N+](=O)[O-])cc1)Oc1ccc([N+](=O)[O-])cc1.O=C(CCCCCCCCC(=O)Oc1ccc([N+](=O)[O-])cc1)Oc1ccc([N+](=O)[O-])cc1.SCCCCCCS. The molecule has 0 amide bonds. The number of benzene rings is 4. The Labute approximate surface area is 693 Å². The van der Waals surface area contributed by atoms with Crippen LogP contribution in [0.3, 0.4) is 0 Å². The number of hydrogen-bond acceptors (Lipinski definition) is 29. The fraction of sp³-hybridized carbons (Fsp3) is 0.602. The van der Waals surface area contributed by atoms with Crippen molar-refractivity contribution in [1.82, 2.24) is 0 Å². The largest absolute Gasteiger partial charge is 0.497 e. The minimum absolute atomic E-state index is 0.0654. The van der Waals surface area contributed by atoms with E-state index < -0.39 is 49.8 Å². The monoisotopic (exact) mass is 1670 g/mol. The number of rotatable bonds is 49. The van der Waals surface area contributed by atoms with Gasteiger partial charge in [0.05, 0.1) is 38.9 Å². The maximum absolute atomic E-state index is 11.9. The molecular formula is C83H126N8O23S2. The Bertz CT molecular complexity index is 3300. The standard InChI is InChI=1S/C22H24N2O8.C19H38N2O3.C18H16N2O8.C18H34N2O4.C6H14S2/c25-21(31-19-13-9-17(10-14-19)23(27)28)7-5-3-1-2-4-6-8-22(26)32-20-15-11-18(12-16-20)24(29)30;1-14(2)12-17(20)16(5)23-10-8-6-7-9-11-24-19(22)18(21)13-15(3)4;21-17(27-15-9-5-13(6-10-15)19(23)24)3-1-2-4-18(22)28-16-11-7-14(8-12-16)20(25)26;1-11(2)9-15(19)17(21)23-13-5-7-14(8-6-13)24-18(22)16(20)10-12(3)4;7-5-3-1-2-4-6-8/h9-16H,1-8H2;14-15,17-18H,5-13,20-21H2,1-4H3;5-12H,1-4H2;11-16H,5-10,19-20H2,1-4H3;7-8H,1-6H2. The average molecular weight is 1670 g/mol. The molecule has 648 valence electrons. The number of hydrogen-bond donors (Lipinski definition) is 6. The maximum Gasteiger partial charge on any atom is 0.323 e. The molecule has 4 aromatic rings. The lowest BCUT2D eigenvalue weighted by Gasteiger charge is -2.29. The van der Waals surface area contributed by atoms with Gasteiger partial charge in [0.25, 0.3) is 22.7 Å². The van der Waals surface area contributed by atoms with Gasteiger partial charge >= 0.3 is 41.8 Å². The molecule has 1 aliphatic rings. The second-order valence-electron chi connectivity index (χ2n) is 29.7. The Balaban J connectivity index is 0.000000753. The van der Waals surface area contributed by atoms with E-state index in [-0.39, 0.29) is 120 Å². The second kappa shape index (κ2) is 62.1. The van der Waals surface area contributed by atoms with Gasteiger partial charge in [-0.25, -0.2) is 0 Å². The molecule has 1 saturated carbocycles. The lowest BCUT2D eigenvalue weighted by atomic mass is 9.94. The Hall–Kier alpha value is -9.15. The number of thiol groups is 2. The molecule has 116 heavy (non-hydrogen) atoms. The highest BCUT2D eigenvalue weighted by Gasteiger charge is 2.30. The van der Waals surface area contributed by atoms with Gasteiger partial charge in [0, 0.05) is 74.2 Å². The smallest absolute Gasteiger partial charge is 0.323 e. The first-order chi connectivity index (χ1) is 55.0. The fourth-order valence-corrected chi connectivity index (χ4v) is 11.5. The van der Waals surface area contributed by atoms with Gasteiger partial charge in [-0.15, -0.1) is 0 Å². The summed E-state index contributed by atoms with van der Waals surface area (Å²) in [6, 6.07) is 19.2. The summed E-state index contributed by atoms with van der Waals surface area (Å²) in [6.45, 7) is 21.4. The van der Waals surface area contributed by atoms with Crippen molar-refractivity contribution in [2.45, 2.75) is 272 Å². The van der Waals surface area contributed by atoms with Crippen LogP contribution in [0.5, 0.6) is 23.0 Å². The number of esters is 7. The van der Waals surface area contributed by atoms with Gasteiger partial charge in [-0.2, -0.15) is 25.3 Å². The van der Waals surface area contributed by atoms with Gasteiger partial charge < -0.3 is 60.8 Å². The first kappa shape index (κ1) is 105. The molecule has 4 atom stereocenters. The van der Waals surface area contributed by atoms with E-state index >= 15 is 0 Å². The first-order valence-corrected chi connectivity index (χ1v) is 41.2. The highest BCUT2D eigenvalue weighted by molar-refractivity contribution is 7.80. The number of non-ortho nitro benzene ring substituents is 4. The van der Waals surface area contributed by atoms with Crippen LogP contribution < -0.4 is 41.9 Å². The summed E-state index contributed by atoms with van der Waals surface area (Å²) >= 11 is 8.21. The normalized spacial score (nSPS) is 13.8. The van der Waals surface area contributed by atoms with E-state index in [9.17, 15) is 74.0 Å². The van der Waals surface area contributed by atoms with E-state index in [0.717, 1.165) is 69.3 Å². The molecule has 33 heteroatoms. The van der Waals surface area contributed by atoms with E-state index in [2.05, 4.69) is 45.7 Å². The molecule has 31 nitrogen and oxygen atoms in total. The molecule has 0 aliphatic heterocycles. The number of nitrogens with zero attached hydrogens (tertiary/aromatic N) is 4. The zero-order valence-corrected chi connectivity index (χ0v) is 70.5. The molecule has 0 saturated heterocycles. The average Bonchev–Trinajstić information content (AvgIpc) is 1.03. The van der Waals surface area contributed by atoms with Crippen molar-refractivity contribution in [1.29, 1.82) is 0 Å². The van der Waals surface area contributed by atoms with Crippen LogP contribution in [0.4, 0.5) is 22.7 Å². The van der Waals surface area contributed by atoms with Gasteiger partial charge in [-0.3, -0.25) is 74.0 Å². The molecule has 4 unspecified atom stereocenters. The minimum atomic E-state index is -0.561. The van der Waals surface area contributed by atoms with Crippen molar-refractivity contribution in [3.8, 4) is 23.0 Å². The molecular weight excluding hydrogens is 1540 g/mol. The number of nitro groups is 4. The van der Waals surface area contributed by atoms with Crippen LogP contribution >= 0.6 is 25.3 Å². The third-order valence-electron chi connectivity index (χ3n) is 17.2. The molecule has 8 N–H and O–H groups in total. The molecule has 0 spiro atoms. The van der Waals surface area contributed by atoms with Crippen molar-refractivity contribution in [2.24, 2.45) is 46.6 Å². The van der Waals surface area contributed by atoms with Gasteiger partial charge in [-0.05, 0) is 199 Å². The summed E-state index contributed by atoms with van der Waals surface area (Å²) in [5.74, 6) is 2.62. The highest BCUT2D eigenvalue weighted by atomic mass is 32.1. The summed E-state index contributed by atoms with van der Waals surface area (Å²) in [5, 5.41) is 42.3. The summed E-state index contributed by atoms with van der Waals surface area (Å²) in [5.41, 5.74) is 23.1. The van der Waals surface area contributed by atoms with Crippen molar-refractivity contribution < 1.29 is 91.1 Å². The van der Waals surface area contributed by atoms with Crippen molar-refractivity contribution in [3.05, 3.63) is 150 Å². The molecule has 0 bridgehead atoms. The van der Waals surface area contributed by atoms with E-state index in [1.165, 1.54) is 123 Å². The topological polar surface area (TPSA) is 470 Å². The molecule has 1 fully saturated rings. The number of carbonyl (C=O) groups excluding carboxylic acids is 7. The van der Waals surface area contributed by atoms with Crippen LogP contribution in [-0.4, -0.2) is 123 Å². The lowest BCUT2D eigenvalue weighted by Crippen LogP contribution is -2.39. The van der Waals surface area contributed by atoms with Gasteiger partial charge in [0.1, 0.15) is 59.1 Å². The summed E-state index contributed by atoms with van der Waals surface area (Å²) < 4.78 is 42.1. The van der Waals surface area contributed by atoms with E-state index in [4.69, 9.17) is 60.8 Å². The maximum atomic E-state index is 11.9. The van der Waals surface area contributed by atoms with Crippen LogP contribution in [0, 0.1) is 64.1 Å². The van der Waals surface area contributed by atoms with Crippen molar-refractivity contribution in [2.75, 3.05) is 24.7 Å². The zero-order chi connectivity index (χ0) is 86.9. The Morgan fingerprint density at radius 2 is 0.578 bits per heavy atom. The molecule has 0 aromatic heterocycles. The van der Waals surface area contributed by atoms with E-state index in [1.54, 1.807) is 0 Å². The molecule has 5 rings (SSSR count). The predicted molar refractivity (Wildman–Crippen MR) is 449 cm³/mol. The third-order valence-corrected chi connectivity index (χ3v) is 17.8. The summed E-state index contributed by atoms with van der Waals surface area (Å²) in [6.07, 6.45) is 20.7. The number of nitrogens with two attached hydrogens (primary N) is 4. The van der Waals surface area contributed by atoms with Crippen molar-refractivity contribution in [3.63, 3.8) is 0 Å². The third kappa shape index (κ3) is 52.4. The van der Waals surface area contributed by atoms with Crippen molar-refractivity contribution >= 4 is 89.8 Å². The number of unbranched alkanes of at least 4 members (excludes halogenated alkanes) is 12. The molecule has 0 heterocycles. The second-order valence-corrected chi connectivity index (χ2v) is 30.6. The molecule has 1 aliphatic carbocycles. The lowest BCUT2D eigenvalue weighted by molar-refractivity contribution is -0.385. The van der Waals surface area contributed by atoms with Crippen LogP contribution in [-0.2, 0) is 52.5 Å². The van der Waals surface area contributed by atoms with Crippen LogP contribution in [0.2, 0.25) is 0 Å². The van der Waals surface area contributed by atoms with Gasteiger partial charge in [0.15, 0.2) is 0 Å². The van der Waals surface area contributed by atoms with Crippen LogP contribution in [0.25, 0.3) is 0 Å². The Morgan fingerprint density at radius 3 is 0.836 bits per heavy atom. The summed E-state index contributed by atoms with van der Waals surface area (Å²) in [7, 11) is 0. The quantitative estimate of drug-likeness (QED) is 0.00349. The minimum Gasteiger partial charge on any atom is -0.497 e. The predicted octanol–water partition coefficient (Wildman–Crippen LogP) is 16.6. The molecule has 4 aromatic carbocycles. The van der Waals surface area contributed by atoms with Gasteiger partial charge in [-0.1, -0.05) is 100 Å². The Kier molecular flexibility index (Phi) is 56.2. The van der Waals surface area contributed by atoms with Gasteiger partial charge in [0.2, 0.25) is 0 Å². The zero-order valence-electron chi connectivity index (χ0n) is 68.7. The number of carbonyl (C=O) groups is 7. The highest BCUT2D eigenvalue weighted by Crippen LogP contribution is 2.27. The van der Waals surface area contributed by atoms with Crippen LogP contribution in [0.1, 0.15) is 235 Å². The Morgan fingerprint density at radius 1 is 0.353 bits per heavy atom. The molecule has 0 radical (unpaired) electrons. The number of ether oxygens (including phenoxy) is 8. The first-order valence-electron chi connectivity index (χ1n) is 40.0. The fourth-order valence-electron chi connectivity index (χ4n) is 11.0. The van der Waals surface area contributed by atoms with E-state index in [1.807, 2.05) is 41.5 Å². The number of nitro benzene ring substituents is 4. The van der Waals surface area contributed by atoms with Crippen LogP contribution in [0.15, 0.2) is 109 Å².